The van der Waals surface area contributed by atoms with Crippen molar-refractivity contribution in [1.29, 1.82) is 0 Å². The van der Waals surface area contributed by atoms with Crippen LogP contribution in [0.1, 0.15) is 39.8 Å². The Morgan fingerprint density at radius 2 is 1.76 bits per heavy atom. The lowest BCUT2D eigenvalue weighted by Gasteiger charge is -2.29. The molecule has 34 heavy (non-hydrogen) atoms. The van der Waals surface area contributed by atoms with E-state index in [1.165, 1.54) is 17.0 Å². The minimum atomic E-state index is -1.04. The molecule has 0 aliphatic carbocycles. The average Bonchev–Trinajstić information content (AvgIpc) is 3.09. The third-order valence-corrected chi connectivity index (χ3v) is 6.13. The summed E-state index contributed by atoms with van der Waals surface area (Å²) in [6, 6.07) is 15.9. The molecule has 0 bridgehead atoms. The van der Waals surface area contributed by atoms with Crippen molar-refractivity contribution in [2.24, 2.45) is 0 Å². The number of hydrogen-bond acceptors (Lipinski definition) is 4. The van der Waals surface area contributed by atoms with E-state index < -0.39 is 17.8 Å². The van der Waals surface area contributed by atoms with Gasteiger partial charge >= 0.3 is 5.97 Å². The highest BCUT2D eigenvalue weighted by atomic mass is 32.1. The summed E-state index contributed by atoms with van der Waals surface area (Å²) in [5.74, 6) is -2.14. The molecule has 0 saturated carbocycles. The minimum absolute atomic E-state index is 0.0252. The summed E-state index contributed by atoms with van der Waals surface area (Å²) in [5.41, 5.74) is 4.39. The van der Waals surface area contributed by atoms with Crippen LogP contribution < -0.4 is 10.2 Å². The number of aromatic carboxylic acids is 1. The zero-order valence-electron chi connectivity index (χ0n) is 19.0. The third kappa shape index (κ3) is 4.04. The van der Waals surface area contributed by atoms with Gasteiger partial charge in [0.1, 0.15) is 5.57 Å². The van der Waals surface area contributed by atoms with E-state index in [4.69, 9.17) is 12.2 Å². The van der Waals surface area contributed by atoms with Crippen LogP contribution in [0.2, 0.25) is 0 Å². The lowest BCUT2D eigenvalue weighted by molar-refractivity contribution is -0.122. The molecule has 3 aromatic rings. The summed E-state index contributed by atoms with van der Waals surface area (Å²) in [7, 11) is 0. The van der Waals surface area contributed by atoms with Gasteiger partial charge in [-0.05, 0) is 80.0 Å². The molecule has 7 nitrogen and oxygen atoms in total. The molecule has 4 rings (SSSR count). The lowest BCUT2D eigenvalue weighted by atomic mass is 10.1. The van der Waals surface area contributed by atoms with Gasteiger partial charge in [0, 0.05) is 11.4 Å². The number of anilines is 1. The maximum absolute atomic E-state index is 13.3. The first kappa shape index (κ1) is 23.1. The van der Waals surface area contributed by atoms with Crippen LogP contribution in [0.5, 0.6) is 0 Å². The molecule has 8 heteroatoms. The van der Waals surface area contributed by atoms with Gasteiger partial charge in [0.25, 0.3) is 11.8 Å². The van der Waals surface area contributed by atoms with Crippen LogP contribution in [-0.4, -0.2) is 32.6 Å². The Morgan fingerprint density at radius 3 is 2.41 bits per heavy atom. The number of nitrogens with one attached hydrogen (secondary N) is 1. The normalized spacial score (nSPS) is 15.1. The van der Waals surface area contributed by atoms with Crippen LogP contribution in [0.4, 0.5) is 5.69 Å². The molecular weight excluding hydrogens is 450 g/mol. The van der Waals surface area contributed by atoms with Crippen molar-refractivity contribution in [3.8, 4) is 5.69 Å². The quantitative estimate of drug-likeness (QED) is 0.329. The van der Waals surface area contributed by atoms with Gasteiger partial charge in [-0.25, -0.2) is 4.79 Å². The molecule has 0 spiro atoms. The molecule has 0 atom stereocenters. The number of amides is 2. The summed E-state index contributed by atoms with van der Waals surface area (Å²) in [6.45, 7) is 5.69. The Bertz CT molecular complexity index is 1370. The molecular formula is C26H23N3O4S. The van der Waals surface area contributed by atoms with Crippen molar-refractivity contribution in [2.75, 3.05) is 4.90 Å². The number of aryl methyl sites for hydroxylation is 2. The molecule has 2 heterocycles. The molecule has 1 aliphatic rings. The van der Waals surface area contributed by atoms with Crippen LogP contribution in [0.15, 0.2) is 60.2 Å². The molecule has 2 amide bonds. The molecule has 1 fully saturated rings. The second-order valence-electron chi connectivity index (χ2n) is 7.96. The number of nitrogens with zero attached hydrogens (tertiary/aromatic N) is 2. The number of aromatic nitrogens is 1. The highest BCUT2D eigenvalue weighted by Gasteiger charge is 2.34. The van der Waals surface area contributed by atoms with E-state index in [0.717, 1.165) is 17.7 Å². The SMILES string of the molecule is CCc1ccc(N2C(=O)/C(=C/c3cc(C)n(-c4ccccc4C(=O)O)c3C)C(=O)NC2=S)cc1. The van der Waals surface area contributed by atoms with E-state index in [9.17, 15) is 19.5 Å². The summed E-state index contributed by atoms with van der Waals surface area (Å²) < 4.78 is 1.80. The summed E-state index contributed by atoms with van der Waals surface area (Å²) in [4.78, 5) is 39.1. The van der Waals surface area contributed by atoms with Gasteiger partial charge in [-0.1, -0.05) is 31.2 Å². The minimum Gasteiger partial charge on any atom is -0.478 e. The predicted octanol–water partition coefficient (Wildman–Crippen LogP) is 4.19. The molecule has 0 radical (unpaired) electrons. The summed E-state index contributed by atoms with van der Waals surface area (Å²) in [5, 5.41) is 12.2. The fourth-order valence-corrected chi connectivity index (χ4v) is 4.36. The number of carbonyl (C=O) groups excluding carboxylic acids is 2. The van der Waals surface area contributed by atoms with E-state index >= 15 is 0 Å². The Kier molecular flexibility index (Phi) is 6.17. The molecule has 1 saturated heterocycles. The smallest absolute Gasteiger partial charge is 0.337 e. The Hall–Kier alpha value is -4.04. The number of carboxylic acids is 1. The second-order valence-corrected chi connectivity index (χ2v) is 8.35. The first-order valence-corrected chi connectivity index (χ1v) is 11.2. The fourth-order valence-electron chi connectivity index (χ4n) is 4.08. The van der Waals surface area contributed by atoms with Gasteiger partial charge in [0.15, 0.2) is 5.11 Å². The molecule has 1 aromatic heterocycles. The predicted molar refractivity (Wildman–Crippen MR) is 134 cm³/mol. The van der Waals surface area contributed by atoms with Gasteiger partial charge in [0.05, 0.1) is 16.9 Å². The first-order chi connectivity index (χ1) is 16.2. The van der Waals surface area contributed by atoms with Crippen LogP contribution in [0.3, 0.4) is 0 Å². The zero-order valence-corrected chi connectivity index (χ0v) is 19.8. The van der Waals surface area contributed by atoms with E-state index in [2.05, 4.69) is 5.32 Å². The van der Waals surface area contributed by atoms with Gasteiger partial charge in [-0.2, -0.15) is 0 Å². The summed E-state index contributed by atoms with van der Waals surface area (Å²) in [6.07, 6.45) is 2.39. The molecule has 0 unspecified atom stereocenters. The molecule has 172 valence electrons. The monoisotopic (exact) mass is 473 g/mol. The number of benzene rings is 2. The lowest BCUT2D eigenvalue weighted by Crippen LogP contribution is -2.54. The van der Waals surface area contributed by atoms with Crippen LogP contribution in [-0.2, 0) is 16.0 Å². The highest BCUT2D eigenvalue weighted by molar-refractivity contribution is 7.80. The van der Waals surface area contributed by atoms with Crippen molar-refractivity contribution in [1.82, 2.24) is 9.88 Å². The third-order valence-electron chi connectivity index (χ3n) is 5.85. The summed E-state index contributed by atoms with van der Waals surface area (Å²) >= 11 is 5.28. The van der Waals surface area contributed by atoms with Crippen molar-refractivity contribution >= 4 is 46.9 Å². The van der Waals surface area contributed by atoms with Crippen molar-refractivity contribution in [2.45, 2.75) is 27.2 Å². The standard InChI is InChI=1S/C26H23N3O4S/c1-4-17-9-11-19(12-10-17)29-24(31)21(23(30)27-26(29)34)14-18-13-15(2)28(16(18)3)22-8-6-5-7-20(22)25(32)33/h5-14H,4H2,1-3H3,(H,32,33)(H,27,30,34)/b21-14+. The van der Waals surface area contributed by atoms with Gasteiger partial charge < -0.3 is 9.67 Å². The number of rotatable bonds is 5. The van der Waals surface area contributed by atoms with E-state index in [1.807, 2.05) is 39.0 Å². The topological polar surface area (TPSA) is 91.6 Å². The van der Waals surface area contributed by atoms with Crippen LogP contribution >= 0.6 is 12.2 Å². The molecule has 2 N–H and O–H groups in total. The largest absolute Gasteiger partial charge is 0.478 e. The number of hydrogen-bond donors (Lipinski definition) is 2. The van der Waals surface area contributed by atoms with E-state index in [1.54, 1.807) is 34.9 Å². The number of carbonyl (C=O) groups is 3. The fraction of sp³-hybridized carbons (Fsp3) is 0.154. The van der Waals surface area contributed by atoms with Crippen molar-refractivity contribution in [3.63, 3.8) is 0 Å². The Morgan fingerprint density at radius 1 is 1.09 bits per heavy atom. The Labute approximate surface area is 202 Å². The number of para-hydroxylation sites is 1. The maximum atomic E-state index is 13.3. The molecule has 1 aliphatic heterocycles. The average molecular weight is 474 g/mol. The van der Waals surface area contributed by atoms with Crippen LogP contribution in [0.25, 0.3) is 11.8 Å². The van der Waals surface area contributed by atoms with Gasteiger partial charge in [-0.3, -0.25) is 19.8 Å². The van der Waals surface area contributed by atoms with Crippen molar-refractivity contribution in [3.05, 3.63) is 88.2 Å². The Balaban J connectivity index is 1.77. The zero-order chi connectivity index (χ0) is 24.6. The number of thiocarbonyl (C=S) groups is 1. The van der Waals surface area contributed by atoms with Crippen LogP contribution in [0, 0.1) is 13.8 Å². The highest BCUT2D eigenvalue weighted by Crippen LogP contribution is 2.27. The first-order valence-electron chi connectivity index (χ1n) is 10.7. The van der Waals surface area contributed by atoms with Crippen molar-refractivity contribution < 1.29 is 19.5 Å². The second kappa shape index (κ2) is 9.07. The number of carboxylic acid groups (broad SMARTS) is 1. The van der Waals surface area contributed by atoms with E-state index in [0.29, 0.717) is 22.6 Å². The van der Waals surface area contributed by atoms with Gasteiger partial charge in [-0.15, -0.1) is 0 Å². The molecule has 2 aromatic carbocycles. The van der Waals surface area contributed by atoms with E-state index in [-0.39, 0.29) is 16.2 Å². The van der Waals surface area contributed by atoms with Gasteiger partial charge in [0.2, 0.25) is 0 Å². The maximum Gasteiger partial charge on any atom is 0.337 e.